The van der Waals surface area contributed by atoms with Crippen LogP contribution in [-0.4, -0.2) is 62.0 Å². The van der Waals surface area contributed by atoms with Gasteiger partial charge in [0.15, 0.2) is 0 Å². The summed E-state index contributed by atoms with van der Waals surface area (Å²) in [7, 11) is 1.90. The number of likely N-dealkylation sites (tertiary alicyclic amines) is 1. The van der Waals surface area contributed by atoms with E-state index in [0.717, 1.165) is 36.0 Å². The number of nitrogens with two attached hydrogens (primary N) is 1. The molecule has 0 spiro atoms. The second-order valence-electron chi connectivity index (χ2n) is 7.35. The highest BCUT2D eigenvalue weighted by Crippen LogP contribution is 2.25. The number of likely N-dealkylation sites (N-methyl/N-ethyl adjacent to an activating group) is 1. The molecule has 2 N–H and O–H groups in total. The van der Waals surface area contributed by atoms with Crippen LogP contribution >= 0.6 is 12.6 Å². The van der Waals surface area contributed by atoms with Crippen molar-refractivity contribution >= 4 is 18.9 Å². The summed E-state index contributed by atoms with van der Waals surface area (Å²) in [5.74, 6) is -0.249. The normalized spacial score (nSPS) is 25.3. The van der Waals surface area contributed by atoms with E-state index in [4.69, 9.17) is 10.5 Å². The molecular formula is C23H30F2N2O2S. The van der Waals surface area contributed by atoms with Crippen LogP contribution in [0.5, 0.6) is 0 Å². The smallest absolute Gasteiger partial charge is 0.148 e. The molecule has 7 heteroatoms. The van der Waals surface area contributed by atoms with Crippen LogP contribution in [0.25, 0.3) is 11.1 Å². The average molecular weight is 437 g/mol. The second-order valence-corrected chi connectivity index (χ2v) is 7.35. The van der Waals surface area contributed by atoms with Crippen molar-refractivity contribution in [3.05, 3.63) is 59.9 Å². The molecular weight excluding hydrogens is 406 g/mol. The zero-order chi connectivity index (χ0) is 22.1. The van der Waals surface area contributed by atoms with Gasteiger partial charge in [0.25, 0.3) is 0 Å². The lowest BCUT2D eigenvalue weighted by Crippen LogP contribution is -2.41. The van der Waals surface area contributed by atoms with Crippen molar-refractivity contribution in [3.63, 3.8) is 0 Å². The SMILES string of the molecule is CN1CC(F)C(N)C1Cc1cccc(-c2cccc(F)c2)c1.CS.O=CC1CCO1. The minimum atomic E-state index is -0.971. The summed E-state index contributed by atoms with van der Waals surface area (Å²) in [6.07, 6.45) is 3.11. The zero-order valence-electron chi connectivity index (χ0n) is 17.4. The first-order valence-corrected chi connectivity index (χ1v) is 10.8. The van der Waals surface area contributed by atoms with E-state index < -0.39 is 12.2 Å². The molecule has 4 nitrogen and oxygen atoms in total. The van der Waals surface area contributed by atoms with Crippen molar-refractivity contribution in [1.82, 2.24) is 4.90 Å². The second kappa shape index (κ2) is 12.2. The summed E-state index contributed by atoms with van der Waals surface area (Å²) in [5.41, 5.74) is 8.85. The Kier molecular flexibility index (Phi) is 9.91. The first-order chi connectivity index (χ1) is 14.5. The summed E-state index contributed by atoms with van der Waals surface area (Å²) in [6.45, 7) is 1.15. The first kappa shape index (κ1) is 24.5. The summed E-state index contributed by atoms with van der Waals surface area (Å²) >= 11 is 3.53. The van der Waals surface area contributed by atoms with Gasteiger partial charge in [0, 0.05) is 19.0 Å². The number of halogens is 2. The molecule has 2 saturated heterocycles. The minimum absolute atomic E-state index is 0.00207. The average Bonchev–Trinajstić information content (AvgIpc) is 2.95. The van der Waals surface area contributed by atoms with Crippen molar-refractivity contribution < 1.29 is 18.3 Å². The van der Waals surface area contributed by atoms with Gasteiger partial charge in [-0.2, -0.15) is 12.6 Å². The van der Waals surface area contributed by atoms with Gasteiger partial charge in [-0.25, -0.2) is 8.78 Å². The molecule has 0 saturated carbocycles. The van der Waals surface area contributed by atoms with Crippen LogP contribution in [0.15, 0.2) is 48.5 Å². The van der Waals surface area contributed by atoms with Crippen LogP contribution in [0, 0.1) is 5.82 Å². The number of nitrogens with zero attached hydrogens (tertiary/aromatic N) is 1. The van der Waals surface area contributed by atoms with Crippen LogP contribution in [0.3, 0.4) is 0 Å². The Balaban J connectivity index is 0.000000340. The Hall–Kier alpha value is -1.80. The standard InChI is InChI=1S/C18H20F2N2.C4H6O2.CH4S/c1-22-11-16(20)18(21)17(22)9-12-4-2-5-13(8-12)14-6-3-7-15(19)10-14;5-3-4-1-2-6-4;1-2/h2-8,10,16-18H,9,11,21H2,1H3;3-4H,1-2H2;2H,1H3. The van der Waals surface area contributed by atoms with Crippen LogP contribution in [-0.2, 0) is 16.0 Å². The maximum atomic E-state index is 13.7. The summed E-state index contributed by atoms with van der Waals surface area (Å²) in [6, 6.07) is 14.0. The van der Waals surface area contributed by atoms with E-state index in [1.165, 1.54) is 12.1 Å². The molecule has 2 aliphatic rings. The number of rotatable bonds is 4. The van der Waals surface area contributed by atoms with E-state index in [-0.39, 0.29) is 18.0 Å². The lowest BCUT2D eigenvalue weighted by atomic mass is 9.97. The maximum absolute atomic E-state index is 13.7. The molecule has 2 aromatic rings. The molecule has 0 amide bonds. The van der Waals surface area contributed by atoms with Gasteiger partial charge in [-0.1, -0.05) is 36.4 Å². The van der Waals surface area contributed by atoms with Crippen molar-refractivity contribution in [2.75, 3.05) is 26.5 Å². The number of benzene rings is 2. The maximum Gasteiger partial charge on any atom is 0.148 e. The van der Waals surface area contributed by atoms with Gasteiger partial charge in [0.05, 0.1) is 12.6 Å². The van der Waals surface area contributed by atoms with Crippen molar-refractivity contribution in [1.29, 1.82) is 0 Å². The lowest BCUT2D eigenvalue weighted by molar-refractivity contribution is -0.129. The molecule has 0 aromatic heterocycles. The third kappa shape index (κ3) is 6.60. The Morgan fingerprint density at radius 1 is 1.20 bits per heavy atom. The topological polar surface area (TPSA) is 55.6 Å². The Morgan fingerprint density at radius 3 is 2.30 bits per heavy atom. The number of ether oxygens (including phenoxy) is 1. The molecule has 2 heterocycles. The highest BCUT2D eigenvalue weighted by Gasteiger charge is 2.37. The Bertz CT molecular complexity index is 804. The number of hydrogen-bond acceptors (Lipinski definition) is 5. The Morgan fingerprint density at radius 2 is 1.83 bits per heavy atom. The molecule has 30 heavy (non-hydrogen) atoms. The number of carbonyl (C=O) groups excluding carboxylic acids is 1. The van der Waals surface area contributed by atoms with Crippen molar-refractivity contribution in [3.8, 4) is 11.1 Å². The van der Waals surface area contributed by atoms with E-state index >= 15 is 0 Å². The molecule has 0 aliphatic carbocycles. The van der Waals surface area contributed by atoms with Gasteiger partial charge >= 0.3 is 0 Å². The largest absolute Gasteiger partial charge is 0.371 e. The first-order valence-electron chi connectivity index (χ1n) is 9.94. The predicted molar refractivity (Wildman–Crippen MR) is 120 cm³/mol. The van der Waals surface area contributed by atoms with E-state index in [2.05, 4.69) is 12.6 Å². The van der Waals surface area contributed by atoms with Gasteiger partial charge in [0.1, 0.15) is 24.4 Å². The van der Waals surface area contributed by atoms with Crippen LogP contribution < -0.4 is 5.73 Å². The zero-order valence-corrected chi connectivity index (χ0v) is 18.3. The van der Waals surface area contributed by atoms with Gasteiger partial charge < -0.3 is 15.3 Å². The molecule has 0 bridgehead atoms. The molecule has 164 valence electrons. The number of carbonyl (C=O) groups is 1. The van der Waals surface area contributed by atoms with Crippen LogP contribution in [0.2, 0.25) is 0 Å². The number of thiol groups is 1. The highest BCUT2D eigenvalue weighted by atomic mass is 32.1. The quantitative estimate of drug-likeness (QED) is 0.569. The molecule has 4 unspecified atom stereocenters. The third-order valence-electron chi connectivity index (χ3n) is 5.31. The number of aldehydes is 1. The summed E-state index contributed by atoms with van der Waals surface area (Å²) in [5, 5.41) is 0. The molecule has 2 aliphatic heterocycles. The fourth-order valence-corrected chi connectivity index (χ4v) is 3.51. The lowest BCUT2D eigenvalue weighted by Gasteiger charge is -2.22. The molecule has 4 rings (SSSR count). The number of hydrogen-bond donors (Lipinski definition) is 2. The Labute approximate surface area is 182 Å². The van der Waals surface area contributed by atoms with E-state index in [0.29, 0.717) is 13.0 Å². The summed E-state index contributed by atoms with van der Waals surface area (Å²) < 4.78 is 31.8. The molecule has 0 radical (unpaired) electrons. The van der Waals surface area contributed by atoms with Crippen LogP contribution in [0.1, 0.15) is 12.0 Å². The van der Waals surface area contributed by atoms with Gasteiger partial charge in [-0.05, 0) is 48.5 Å². The highest BCUT2D eigenvalue weighted by molar-refractivity contribution is 7.79. The summed E-state index contributed by atoms with van der Waals surface area (Å²) in [4.78, 5) is 11.6. The van der Waals surface area contributed by atoms with Gasteiger partial charge in [0.2, 0.25) is 0 Å². The molecule has 2 aromatic carbocycles. The molecule has 2 fully saturated rings. The number of alkyl halides is 1. The predicted octanol–water partition coefficient (Wildman–Crippen LogP) is 3.53. The van der Waals surface area contributed by atoms with Gasteiger partial charge in [-0.15, -0.1) is 0 Å². The van der Waals surface area contributed by atoms with E-state index in [1.807, 2.05) is 42.3 Å². The van der Waals surface area contributed by atoms with Gasteiger partial charge in [-0.3, -0.25) is 4.90 Å². The molecule has 4 atom stereocenters. The minimum Gasteiger partial charge on any atom is -0.371 e. The monoisotopic (exact) mass is 436 g/mol. The fourth-order valence-electron chi connectivity index (χ4n) is 3.51. The van der Waals surface area contributed by atoms with Crippen LogP contribution in [0.4, 0.5) is 8.78 Å². The van der Waals surface area contributed by atoms with E-state index in [9.17, 15) is 13.6 Å². The van der Waals surface area contributed by atoms with Crippen molar-refractivity contribution in [2.45, 2.75) is 37.2 Å². The third-order valence-corrected chi connectivity index (χ3v) is 5.31. The van der Waals surface area contributed by atoms with E-state index in [1.54, 1.807) is 12.3 Å². The van der Waals surface area contributed by atoms with Crippen molar-refractivity contribution in [2.24, 2.45) is 5.73 Å². The fraction of sp³-hybridized carbons (Fsp3) is 0.435.